The third kappa shape index (κ3) is 5.67. The van der Waals surface area contributed by atoms with Gasteiger partial charge in [0.25, 0.3) is 11.9 Å². The number of carboxylic acids is 1. The van der Waals surface area contributed by atoms with Gasteiger partial charge in [0.15, 0.2) is 11.3 Å². The Morgan fingerprint density at radius 2 is 2.06 bits per heavy atom. The first-order valence-electron chi connectivity index (χ1n) is 9.89. The standard InChI is InChI=1S/C22H24ClN3O5/c1-3-8-26(9-7-19(27)28)21(29)15-11-17-20(18(12-15)30-2)31-22(25-17)24-13-14-5-4-6-16(23)10-14/h4-6,10-12H,3,7-9,13H2,1-2H3,(H,24,25)(H,27,28). The Kier molecular flexibility index (Phi) is 7.36. The van der Waals surface area contributed by atoms with Crippen LogP contribution in [0.15, 0.2) is 40.8 Å². The number of oxazole rings is 1. The first-order chi connectivity index (χ1) is 14.9. The summed E-state index contributed by atoms with van der Waals surface area (Å²) in [5, 5.41) is 12.7. The van der Waals surface area contributed by atoms with Crippen molar-refractivity contribution in [3.05, 3.63) is 52.5 Å². The van der Waals surface area contributed by atoms with Crippen LogP contribution in [-0.4, -0.2) is 47.1 Å². The maximum atomic E-state index is 13.0. The Hall–Kier alpha value is -3.26. The highest BCUT2D eigenvalue weighted by atomic mass is 35.5. The number of carboxylic acid groups (broad SMARTS) is 1. The second-order valence-corrected chi connectivity index (χ2v) is 7.40. The lowest BCUT2D eigenvalue weighted by atomic mass is 10.1. The van der Waals surface area contributed by atoms with E-state index in [1.807, 2.05) is 25.1 Å². The Bertz CT molecular complexity index is 1080. The SMILES string of the molecule is CCCN(CCC(=O)O)C(=O)c1cc(OC)c2oc(NCc3cccc(Cl)c3)nc2c1. The number of aliphatic carboxylic acids is 1. The van der Waals surface area contributed by atoms with Crippen LogP contribution in [0.5, 0.6) is 5.75 Å². The summed E-state index contributed by atoms with van der Waals surface area (Å²) < 4.78 is 11.2. The number of carbonyl (C=O) groups excluding carboxylic acids is 1. The lowest BCUT2D eigenvalue weighted by molar-refractivity contribution is -0.137. The average Bonchev–Trinajstić information content (AvgIpc) is 3.17. The van der Waals surface area contributed by atoms with Gasteiger partial charge in [0.2, 0.25) is 0 Å². The van der Waals surface area contributed by atoms with Gasteiger partial charge in [-0.2, -0.15) is 4.98 Å². The minimum atomic E-state index is -0.950. The topological polar surface area (TPSA) is 105 Å². The number of halogens is 1. The molecule has 9 heteroatoms. The molecule has 3 aromatic rings. The van der Waals surface area contributed by atoms with E-state index >= 15 is 0 Å². The van der Waals surface area contributed by atoms with Crippen LogP contribution in [0.3, 0.4) is 0 Å². The number of aromatic nitrogens is 1. The molecule has 0 atom stereocenters. The molecule has 1 heterocycles. The van der Waals surface area contributed by atoms with Crippen molar-refractivity contribution < 1.29 is 23.8 Å². The van der Waals surface area contributed by atoms with E-state index in [9.17, 15) is 9.59 Å². The van der Waals surface area contributed by atoms with E-state index in [4.69, 9.17) is 25.9 Å². The summed E-state index contributed by atoms with van der Waals surface area (Å²) in [7, 11) is 1.48. The summed E-state index contributed by atoms with van der Waals surface area (Å²) in [6.45, 7) is 2.98. The minimum absolute atomic E-state index is 0.118. The second kappa shape index (κ2) is 10.2. The molecule has 0 aliphatic heterocycles. The fourth-order valence-corrected chi connectivity index (χ4v) is 3.39. The molecule has 0 aliphatic carbocycles. The Balaban J connectivity index is 1.84. The zero-order valence-electron chi connectivity index (χ0n) is 17.4. The van der Waals surface area contributed by atoms with Crippen LogP contribution >= 0.6 is 11.6 Å². The Morgan fingerprint density at radius 3 is 2.74 bits per heavy atom. The van der Waals surface area contributed by atoms with Gasteiger partial charge in [-0.25, -0.2) is 0 Å². The molecule has 2 aromatic carbocycles. The fourth-order valence-electron chi connectivity index (χ4n) is 3.18. The molecule has 0 saturated heterocycles. The molecule has 0 unspecified atom stereocenters. The van der Waals surface area contributed by atoms with Crippen molar-refractivity contribution in [3.8, 4) is 5.75 Å². The number of amides is 1. The molecule has 0 aliphatic rings. The zero-order chi connectivity index (χ0) is 22.4. The summed E-state index contributed by atoms with van der Waals surface area (Å²) in [6, 6.07) is 10.9. The van der Waals surface area contributed by atoms with Crippen LogP contribution in [0.25, 0.3) is 11.1 Å². The number of methoxy groups -OCH3 is 1. The van der Waals surface area contributed by atoms with Crippen molar-refractivity contribution in [1.82, 2.24) is 9.88 Å². The highest BCUT2D eigenvalue weighted by molar-refractivity contribution is 6.30. The number of carbonyl (C=O) groups is 2. The van der Waals surface area contributed by atoms with Gasteiger partial charge in [0.1, 0.15) is 5.52 Å². The Labute approximate surface area is 184 Å². The molecule has 0 bridgehead atoms. The number of anilines is 1. The van der Waals surface area contributed by atoms with Crippen molar-refractivity contribution in [3.63, 3.8) is 0 Å². The predicted molar refractivity (Wildman–Crippen MR) is 118 cm³/mol. The van der Waals surface area contributed by atoms with Crippen LogP contribution in [0.2, 0.25) is 5.02 Å². The molecule has 0 radical (unpaired) electrons. The van der Waals surface area contributed by atoms with Crippen molar-refractivity contribution >= 4 is 40.6 Å². The van der Waals surface area contributed by atoms with E-state index in [2.05, 4.69) is 10.3 Å². The minimum Gasteiger partial charge on any atom is -0.493 e. The van der Waals surface area contributed by atoms with Gasteiger partial charge in [-0.05, 0) is 36.2 Å². The van der Waals surface area contributed by atoms with E-state index in [-0.39, 0.29) is 24.9 Å². The number of nitrogens with zero attached hydrogens (tertiary/aromatic N) is 2. The largest absolute Gasteiger partial charge is 0.493 e. The fraction of sp³-hybridized carbons (Fsp3) is 0.318. The van der Waals surface area contributed by atoms with E-state index in [0.29, 0.717) is 46.9 Å². The van der Waals surface area contributed by atoms with Crippen LogP contribution in [0.1, 0.15) is 35.7 Å². The summed E-state index contributed by atoms with van der Waals surface area (Å²) >= 11 is 6.01. The normalized spacial score (nSPS) is 10.8. The first kappa shape index (κ1) is 22.4. The third-order valence-electron chi connectivity index (χ3n) is 4.63. The third-order valence-corrected chi connectivity index (χ3v) is 4.87. The zero-order valence-corrected chi connectivity index (χ0v) is 18.1. The van der Waals surface area contributed by atoms with Crippen molar-refractivity contribution in [1.29, 1.82) is 0 Å². The van der Waals surface area contributed by atoms with E-state index < -0.39 is 5.97 Å². The molecule has 0 fully saturated rings. The lowest BCUT2D eigenvalue weighted by Gasteiger charge is -2.21. The molecule has 0 spiro atoms. The second-order valence-electron chi connectivity index (χ2n) is 6.97. The molecule has 2 N–H and O–H groups in total. The number of fused-ring (bicyclic) bond motifs is 1. The smallest absolute Gasteiger partial charge is 0.305 e. The number of ether oxygens (including phenoxy) is 1. The molecular formula is C22H24ClN3O5. The van der Waals surface area contributed by atoms with Crippen molar-refractivity contribution in [2.45, 2.75) is 26.3 Å². The van der Waals surface area contributed by atoms with Crippen LogP contribution in [-0.2, 0) is 11.3 Å². The lowest BCUT2D eigenvalue weighted by Crippen LogP contribution is -2.33. The molecule has 164 valence electrons. The number of hydrogen-bond acceptors (Lipinski definition) is 6. The van der Waals surface area contributed by atoms with Crippen molar-refractivity contribution in [2.24, 2.45) is 0 Å². The maximum absolute atomic E-state index is 13.0. The Morgan fingerprint density at radius 1 is 1.26 bits per heavy atom. The molecule has 1 amide bonds. The van der Waals surface area contributed by atoms with E-state index in [1.54, 1.807) is 18.2 Å². The van der Waals surface area contributed by atoms with Crippen molar-refractivity contribution in [2.75, 3.05) is 25.5 Å². The molecular weight excluding hydrogens is 422 g/mol. The average molecular weight is 446 g/mol. The quantitative estimate of drug-likeness (QED) is 0.475. The van der Waals surface area contributed by atoms with Crippen LogP contribution in [0.4, 0.5) is 6.01 Å². The predicted octanol–water partition coefficient (Wildman–Crippen LogP) is 4.43. The van der Waals surface area contributed by atoms with Gasteiger partial charge < -0.3 is 24.5 Å². The molecule has 0 saturated carbocycles. The number of nitrogens with one attached hydrogen (secondary N) is 1. The summed E-state index contributed by atoms with van der Waals surface area (Å²) in [5.41, 5.74) is 2.20. The summed E-state index contributed by atoms with van der Waals surface area (Å²) in [4.78, 5) is 29.9. The first-order valence-corrected chi connectivity index (χ1v) is 10.3. The van der Waals surface area contributed by atoms with Gasteiger partial charge in [-0.15, -0.1) is 0 Å². The molecule has 3 rings (SSSR count). The van der Waals surface area contributed by atoms with Gasteiger partial charge in [0, 0.05) is 30.2 Å². The highest BCUT2D eigenvalue weighted by Crippen LogP contribution is 2.31. The van der Waals surface area contributed by atoms with E-state index in [1.165, 1.54) is 12.0 Å². The molecule has 8 nitrogen and oxygen atoms in total. The van der Waals surface area contributed by atoms with Gasteiger partial charge in [-0.1, -0.05) is 30.7 Å². The summed E-state index contributed by atoms with van der Waals surface area (Å²) in [5.74, 6) is -0.854. The molecule has 1 aromatic heterocycles. The number of hydrogen-bond donors (Lipinski definition) is 2. The monoisotopic (exact) mass is 445 g/mol. The summed E-state index contributed by atoms with van der Waals surface area (Å²) in [6.07, 6.45) is 0.596. The van der Waals surface area contributed by atoms with Gasteiger partial charge in [0.05, 0.1) is 13.5 Å². The number of benzene rings is 2. The maximum Gasteiger partial charge on any atom is 0.305 e. The van der Waals surface area contributed by atoms with Gasteiger partial charge >= 0.3 is 5.97 Å². The van der Waals surface area contributed by atoms with Gasteiger partial charge in [-0.3, -0.25) is 9.59 Å². The number of rotatable bonds is 10. The van der Waals surface area contributed by atoms with Crippen LogP contribution in [0, 0.1) is 0 Å². The van der Waals surface area contributed by atoms with Crippen LogP contribution < -0.4 is 10.1 Å². The van der Waals surface area contributed by atoms with E-state index in [0.717, 1.165) is 5.56 Å². The highest BCUT2D eigenvalue weighted by Gasteiger charge is 2.20. The molecule has 31 heavy (non-hydrogen) atoms.